The third-order valence-electron chi connectivity index (χ3n) is 2.72. The van der Waals surface area contributed by atoms with Crippen LogP contribution in [0.3, 0.4) is 0 Å². The van der Waals surface area contributed by atoms with Crippen molar-refractivity contribution in [3.63, 3.8) is 0 Å². The minimum atomic E-state index is 0.884. The van der Waals surface area contributed by atoms with Crippen molar-refractivity contribution in [1.29, 1.82) is 0 Å². The molecule has 1 aliphatic heterocycles. The molecule has 1 aliphatic rings. The number of nitrogens with one attached hydrogen (secondary N) is 1. The van der Waals surface area contributed by atoms with Crippen LogP contribution in [0.2, 0.25) is 0 Å². The number of aromatic nitrogens is 2. The third kappa shape index (κ3) is 3.16. The summed E-state index contributed by atoms with van der Waals surface area (Å²) in [5.41, 5.74) is 1.15. The normalized spacial score (nSPS) is 16.9. The zero-order valence-corrected chi connectivity index (χ0v) is 9.24. The van der Waals surface area contributed by atoms with Crippen LogP contribution >= 0.6 is 0 Å². The second kappa shape index (κ2) is 5.07. The van der Waals surface area contributed by atoms with Gasteiger partial charge in [0, 0.05) is 13.1 Å². The highest BCUT2D eigenvalue weighted by Gasteiger charge is 2.10. The number of hydrogen-bond donors (Lipinski definition) is 1. The van der Waals surface area contributed by atoms with E-state index in [1.165, 1.54) is 25.9 Å². The molecule has 0 aromatic carbocycles. The van der Waals surface area contributed by atoms with E-state index in [2.05, 4.69) is 20.4 Å². The summed E-state index contributed by atoms with van der Waals surface area (Å²) in [6, 6.07) is 2.02. The summed E-state index contributed by atoms with van der Waals surface area (Å²) < 4.78 is 0. The summed E-state index contributed by atoms with van der Waals surface area (Å²) >= 11 is 0. The molecule has 15 heavy (non-hydrogen) atoms. The van der Waals surface area contributed by atoms with Gasteiger partial charge in [0.05, 0.1) is 6.20 Å². The van der Waals surface area contributed by atoms with Crippen molar-refractivity contribution in [2.75, 3.05) is 31.5 Å². The summed E-state index contributed by atoms with van der Waals surface area (Å²) in [5, 5.41) is 11.2. The standard InChI is InChI=1S/C11H18N4/c1-10-8-11(14-13-9-10)12-4-7-15-5-2-3-6-15/h8-9H,2-7H2,1H3,(H,12,14). The number of rotatable bonds is 4. The maximum Gasteiger partial charge on any atom is 0.148 e. The predicted octanol–water partition coefficient (Wildman–Crippen LogP) is 1.29. The number of likely N-dealkylation sites (tertiary alicyclic amines) is 1. The number of aryl methyl sites for hydroxylation is 1. The van der Waals surface area contributed by atoms with Gasteiger partial charge in [-0.15, -0.1) is 5.10 Å². The van der Waals surface area contributed by atoms with E-state index in [9.17, 15) is 0 Å². The van der Waals surface area contributed by atoms with Crippen LogP contribution in [0.5, 0.6) is 0 Å². The molecule has 0 bridgehead atoms. The van der Waals surface area contributed by atoms with Crippen LogP contribution in [0.25, 0.3) is 0 Å². The molecule has 0 radical (unpaired) electrons. The Labute approximate surface area is 90.7 Å². The van der Waals surface area contributed by atoms with Crippen LogP contribution in [0.15, 0.2) is 12.3 Å². The molecule has 1 aromatic heterocycles. The molecule has 2 heterocycles. The van der Waals surface area contributed by atoms with Crippen LogP contribution in [-0.2, 0) is 0 Å². The molecule has 1 N–H and O–H groups in total. The van der Waals surface area contributed by atoms with Crippen molar-refractivity contribution >= 4 is 5.82 Å². The fourth-order valence-corrected chi connectivity index (χ4v) is 1.90. The highest BCUT2D eigenvalue weighted by Crippen LogP contribution is 2.07. The Balaban J connectivity index is 1.73. The topological polar surface area (TPSA) is 41.1 Å². The fraction of sp³-hybridized carbons (Fsp3) is 0.636. The molecule has 4 heteroatoms. The minimum Gasteiger partial charge on any atom is -0.367 e. The Morgan fingerprint density at radius 1 is 1.40 bits per heavy atom. The maximum absolute atomic E-state index is 4.02. The molecule has 0 aliphatic carbocycles. The average molecular weight is 206 g/mol. The van der Waals surface area contributed by atoms with Gasteiger partial charge in [-0.25, -0.2) is 0 Å². The summed E-state index contributed by atoms with van der Waals surface area (Å²) in [6.45, 7) is 6.59. The van der Waals surface area contributed by atoms with Crippen molar-refractivity contribution in [1.82, 2.24) is 15.1 Å². The molecule has 4 nitrogen and oxygen atoms in total. The molecule has 0 atom stereocenters. The van der Waals surface area contributed by atoms with Gasteiger partial charge in [-0.05, 0) is 44.5 Å². The summed E-state index contributed by atoms with van der Waals surface area (Å²) in [4.78, 5) is 2.48. The zero-order chi connectivity index (χ0) is 10.5. The van der Waals surface area contributed by atoms with Crippen LogP contribution in [-0.4, -0.2) is 41.3 Å². The van der Waals surface area contributed by atoms with E-state index in [-0.39, 0.29) is 0 Å². The lowest BCUT2D eigenvalue weighted by atomic mass is 10.3. The van der Waals surface area contributed by atoms with Gasteiger partial charge in [0.2, 0.25) is 0 Å². The Bertz CT molecular complexity index is 307. The smallest absolute Gasteiger partial charge is 0.148 e. The lowest BCUT2D eigenvalue weighted by Crippen LogP contribution is -2.26. The van der Waals surface area contributed by atoms with E-state index in [1.54, 1.807) is 6.20 Å². The van der Waals surface area contributed by atoms with Crippen LogP contribution in [0, 0.1) is 6.92 Å². The van der Waals surface area contributed by atoms with E-state index < -0.39 is 0 Å². The molecule has 0 amide bonds. The highest BCUT2D eigenvalue weighted by molar-refractivity contribution is 5.34. The summed E-state index contributed by atoms with van der Waals surface area (Å²) in [7, 11) is 0. The monoisotopic (exact) mass is 206 g/mol. The molecule has 1 aromatic rings. The molecule has 1 saturated heterocycles. The van der Waals surface area contributed by atoms with Gasteiger partial charge < -0.3 is 10.2 Å². The van der Waals surface area contributed by atoms with Crippen LogP contribution in [0.4, 0.5) is 5.82 Å². The molecule has 0 spiro atoms. The van der Waals surface area contributed by atoms with Gasteiger partial charge in [-0.1, -0.05) is 0 Å². The molecule has 82 valence electrons. The Morgan fingerprint density at radius 3 is 2.93 bits per heavy atom. The van der Waals surface area contributed by atoms with Crippen molar-refractivity contribution in [2.24, 2.45) is 0 Å². The van der Waals surface area contributed by atoms with Gasteiger partial charge in [0.1, 0.15) is 5.82 Å². The minimum absolute atomic E-state index is 0.884. The fourth-order valence-electron chi connectivity index (χ4n) is 1.90. The summed E-state index contributed by atoms with van der Waals surface area (Å²) in [5.74, 6) is 0.884. The Hall–Kier alpha value is -1.16. The van der Waals surface area contributed by atoms with Crippen molar-refractivity contribution in [3.8, 4) is 0 Å². The van der Waals surface area contributed by atoms with E-state index in [1.807, 2.05) is 13.0 Å². The molecular formula is C11H18N4. The first-order chi connectivity index (χ1) is 7.34. The van der Waals surface area contributed by atoms with Crippen LogP contribution < -0.4 is 5.32 Å². The van der Waals surface area contributed by atoms with E-state index in [4.69, 9.17) is 0 Å². The van der Waals surface area contributed by atoms with Gasteiger partial charge >= 0.3 is 0 Å². The quantitative estimate of drug-likeness (QED) is 0.806. The number of anilines is 1. The molecular weight excluding hydrogens is 188 g/mol. The van der Waals surface area contributed by atoms with Crippen molar-refractivity contribution < 1.29 is 0 Å². The second-order valence-corrected chi connectivity index (χ2v) is 4.09. The first-order valence-corrected chi connectivity index (χ1v) is 5.60. The lowest BCUT2D eigenvalue weighted by Gasteiger charge is -2.14. The molecule has 0 saturated carbocycles. The number of nitrogens with zero attached hydrogens (tertiary/aromatic N) is 3. The first-order valence-electron chi connectivity index (χ1n) is 5.60. The van der Waals surface area contributed by atoms with Gasteiger partial charge in [0.15, 0.2) is 0 Å². The molecule has 0 unspecified atom stereocenters. The molecule has 2 rings (SSSR count). The predicted molar refractivity (Wildman–Crippen MR) is 60.9 cm³/mol. The zero-order valence-electron chi connectivity index (χ0n) is 9.24. The van der Waals surface area contributed by atoms with E-state index in [0.29, 0.717) is 0 Å². The Morgan fingerprint density at radius 2 is 2.20 bits per heavy atom. The maximum atomic E-state index is 4.02. The third-order valence-corrected chi connectivity index (χ3v) is 2.72. The van der Waals surface area contributed by atoms with Crippen LogP contribution in [0.1, 0.15) is 18.4 Å². The SMILES string of the molecule is Cc1cnnc(NCCN2CCCC2)c1. The van der Waals surface area contributed by atoms with Crippen molar-refractivity contribution in [3.05, 3.63) is 17.8 Å². The van der Waals surface area contributed by atoms with Crippen molar-refractivity contribution in [2.45, 2.75) is 19.8 Å². The number of hydrogen-bond acceptors (Lipinski definition) is 4. The largest absolute Gasteiger partial charge is 0.367 e. The second-order valence-electron chi connectivity index (χ2n) is 4.09. The highest BCUT2D eigenvalue weighted by atomic mass is 15.2. The van der Waals surface area contributed by atoms with E-state index >= 15 is 0 Å². The lowest BCUT2D eigenvalue weighted by molar-refractivity contribution is 0.352. The first kappa shape index (κ1) is 10.4. The van der Waals surface area contributed by atoms with Gasteiger partial charge in [-0.3, -0.25) is 0 Å². The average Bonchev–Trinajstić information content (AvgIpc) is 2.71. The Kier molecular flexibility index (Phi) is 3.50. The van der Waals surface area contributed by atoms with Gasteiger partial charge in [-0.2, -0.15) is 5.10 Å². The summed E-state index contributed by atoms with van der Waals surface area (Å²) in [6.07, 6.45) is 4.47. The molecule has 1 fully saturated rings. The van der Waals surface area contributed by atoms with Gasteiger partial charge in [0.25, 0.3) is 0 Å². The van der Waals surface area contributed by atoms with E-state index in [0.717, 1.165) is 24.5 Å².